The predicted octanol–water partition coefficient (Wildman–Crippen LogP) is 3.90. The van der Waals surface area contributed by atoms with Crippen LogP contribution in [-0.2, 0) is 0 Å². The fraction of sp³-hybridized carbons (Fsp3) is 0.263. The number of hydrogen-bond acceptors (Lipinski definition) is 4. The fourth-order valence-electron chi connectivity index (χ4n) is 2.65. The van der Waals surface area contributed by atoms with Gasteiger partial charge in [0.2, 0.25) is 0 Å². The van der Waals surface area contributed by atoms with Gasteiger partial charge >= 0.3 is 0 Å². The van der Waals surface area contributed by atoms with E-state index in [1.807, 2.05) is 24.3 Å². The maximum absolute atomic E-state index is 6.00. The lowest BCUT2D eigenvalue weighted by Crippen LogP contribution is -2.07. The largest absolute Gasteiger partial charge is 0.497 e. The lowest BCUT2D eigenvalue weighted by molar-refractivity contribution is 0.303. The van der Waals surface area contributed by atoms with Crippen LogP contribution >= 0.6 is 0 Å². The predicted molar refractivity (Wildman–Crippen MR) is 89.8 cm³/mol. The van der Waals surface area contributed by atoms with Crippen molar-refractivity contribution in [3.05, 3.63) is 53.6 Å². The van der Waals surface area contributed by atoms with Gasteiger partial charge < -0.3 is 18.9 Å². The van der Waals surface area contributed by atoms with E-state index in [-0.39, 0.29) is 5.92 Å². The first-order valence-electron chi connectivity index (χ1n) is 7.46. The SMILES string of the molecule is COc1ccc(C2C=Cc3c(OC)cc(OC)cc3OC2)cc1. The average molecular weight is 312 g/mol. The molecule has 0 aromatic heterocycles. The van der Waals surface area contributed by atoms with Gasteiger partial charge in [-0.05, 0) is 17.7 Å². The van der Waals surface area contributed by atoms with Gasteiger partial charge in [0.05, 0.1) is 33.5 Å². The standard InChI is InChI=1S/C19H20O4/c1-20-15-7-4-13(5-8-15)14-6-9-17-18(22-3)10-16(21-2)11-19(17)23-12-14/h4-11,14H,12H2,1-3H3. The molecular weight excluding hydrogens is 292 g/mol. The molecule has 0 saturated heterocycles. The molecule has 1 aliphatic rings. The summed E-state index contributed by atoms with van der Waals surface area (Å²) in [5, 5.41) is 0. The van der Waals surface area contributed by atoms with Gasteiger partial charge in [0.1, 0.15) is 23.0 Å². The average Bonchev–Trinajstić information content (AvgIpc) is 2.83. The van der Waals surface area contributed by atoms with Crippen LogP contribution < -0.4 is 18.9 Å². The molecule has 0 amide bonds. The minimum Gasteiger partial charge on any atom is -0.497 e. The van der Waals surface area contributed by atoms with Crippen LogP contribution in [0.4, 0.5) is 0 Å². The van der Waals surface area contributed by atoms with Gasteiger partial charge in [0.25, 0.3) is 0 Å². The summed E-state index contributed by atoms with van der Waals surface area (Å²) in [4.78, 5) is 0. The summed E-state index contributed by atoms with van der Waals surface area (Å²) in [6, 6.07) is 11.8. The first-order valence-corrected chi connectivity index (χ1v) is 7.46. The second kappa shape index (κ2) is 6.65. The van der Waals surface area contributed by atoms with Crippen molar-refractivity contribution in [3.63, 3.8) is 0 Å². The van der Waals surface area contributed by atoms with Gasteiger partial charge in [-0.15, -0.1) is 0 Å². The van der Waals surface area contributed by atoms with E-state index in [9.17, 15) is 0 Å². The zero-order valence-corrected chi connectivity index (χ0v) is 13.5. The summed E-state index contributed by atoms with van der Waals surface area (Å²) in [7, 11) is 4.95. The zero-order chi connectivity index (χ0) is 16.2. The fourth-order valence-corrected chi connectivity index (χ4v) is 2.65. The molecule has 1 heterocycles. The molecule has 1 aliphatic heterocycles. The molecule has 0 radical (unpaired) electrons. The Morgan fingerprint density at radius 1 is 0.913 bits per heavy atom. The van der Waals surface area contributed by atoms with Crippen LogP contribution in [0.15, 0.2) is 42.5 Å². The highest BCUT2D eigenvalue weighted by Crippen LogP contribution is 2.38. The maximum Gasteiger partial charge on any atom is 0.133 e. The van der Waals surface area contributed by atoms with Crippen molar-refractivity contribution in [3.8, 4) is 23.0 Å². The molecule has 1 unspecified atom stereocenters. The van der Waals surface area contributed by atoms with Gasteiger partial charge in [0, 0.05) is 18.1 Å². The number of rotatable bonds is 4. The third kappa shape index (κ3) is 3.11. The third-order valence-corrected chi connectivity index (χ3v) is 3.99. The number of ether oxygens (including phenoxy) is 4. The first-order chi connectivity index (χ1) is 11.2. The van der Waals surface area contributed by atoms with Crippen LogP contribution in [0.5, 0.6) is 23.0 Å². The van der Waals surface area contributed by atoms with Crippen molar-refractivity contribution >= 4 is 6.08 Å². The van der Waals surface area contributed by atoms with E-state index in [0.29, 0.717) is 6.61 Å². The Balaban J connectivity index is 1.90. The molecular formula is C19H20O4. The highest BCUT2D eigenvalue weighted by atomic mass is 16.5. The summed E-state index contributed by atoms with van der Waals surface area (Å²) in [5.74, 6) is 3.25. The molecule has 3 rings (SSSR count). The van der Waals surface area contributed by atoms with Crippen molar-refractivity contribution in [2.24, 2.45) is 0 Å². The quantitative estimate of drug-likeness (QED) is 0.858. The Kier molecular flexibility index (Phi) is 4.42. The molecule has 2 aromatic carbocycles. The Bertz CT molecular complexity index is 704. The van der Waals surface area contributed by atoms with E-state index < -0.39 is 0 Å². The molecule has 2 aromatic rings. The molecule has 0 bridgehead atoms. The molecule has 23 heavy (non-hydrogen) atoms. The monoisotopic (exact) mass is 312 g/mol. The van der Waals surface area contributed by atoms with Gasteiger partial charge in [0.15, 0.2) is 0 Å². The van der Waals surface area contributed by atoms with Crippen LogP contribution in [-0.4, -0.2) is 27.9 Å². The molecule has 4 nitrogen and oxygen atoms in total. The zero-order valence-electron chi connectivity index (χ0n) is 13.5. The summed E-state index contributed by atoms with van der Waals surface area (Å²) in [5.41, 5.74) is 2.12. The van der Waals surface area contributed by atoms with Crippen molar-refractivity contribution in [2.45, 2.75) is 5.92 Å². The maximum atomic E-state index is 6.00. The molecule has 4 heteroatoms. The normalized spacial score (nSPS) is 16.0. The third-order valence-electron chi connectivity index (χ3n) is 3.99. The summed E-state index contributed by atoms with van der Waals surface area (Å²) < 4.78 is 22.0. The number of hydrogen-bond donors (Lipinski definition) is 0. The van der Waals surface area contributed by atoms with E-state index in [2.05, 4.69) is 24.3 Å². The molecule has 0 saturated carbocycles. The van der Waals surface area contributed by atoms with Gasteiger partial charge in [-0.2, -0.15) is 0 Å². The summed E-state index contributed by atoms with van der Waals surface area (Å²) >= 11 is 0. The summed E-state index contributed by atoms with van der Waals surface area (Å²) in [6.07, 6.45) is 4.19. The second-order valence-corrected chi connectivity index (χ2v) is 5.29. The highest BCUT2D eigenvalue weighted by Gasteiger charge is 2.18. The first kappa shape index (κ1) is 15.3. The Labute approximate surface area is 136 Å². The number of fused-ring (bicyclic) bond motifs is 1. The number of methoxy groups -OCH3 is 3. The van der Waals surface area contributed by atoms with Crippen LogP contribution in [0.1, 0.15) is 17.0 Å². The van der Waals surface area contributed by atoms with Crippen molar-refractivity contribution in [1.82, 2.24) is 0 Å². The van der Waals surface area contributed by atoms with Crippen LogP contribution in [0.3, 0.4) is 0 Å². The van der Waals surface area contributed by atoms with E-state index in [4.69, 9.17) is 18.9 Å². The smallest absolute Gasteiger partial charge is 0.133 e. The van der Waals surface area contributed by atoms with Crippen molar-refractivity contribution in [1.29, 1.82) is 0 Å². The minimum atomic E-state index is 0.170. The molecule has 120 valence electrons. The molecule has 0 fully saturated rings. The van der Waals surface area contributed by atoms with Gasteiger partial charge in [-0.25, -0.2) is 0 Å². The second-order valence-electron chi connectivity index (χ2n) is 5.29. The lowest BCUT2D eigenvalue weighted by atomic mass is 9.99. The number of benzene rings is 2. The van der Waals surface area contributed by atoms with E-state index in [1.54, 1.807) is 21.3 Å². The Morgan fingerprint density at radius 2 is 1.65 bits per heavy atom. The lowest BCUT2D eigenvalue weighted by Gasteiger charge is -2.15. The Morgan fingerprint density at radius 3 is 2.30 bits per heavy atom. The van der Waals surface area contributed by atoms with Gasteiger partial charge in [-0.3, -0.25) is 0 Å². The van der Waals surface area contributed by atoms with E-state index in [0.717, 1.165) is 28.6 Å². The minimum absolute atomic E-state index is 0.170. The molecule has 0 spiro atoms. The van der Waals surface area contributed by atoms with Crippen LogP contribution in [0.2, 0.25) is 0 Å². The Hall–Kier alpha value is -2.62. The van der Waals surface area contributed by atoms with Gasteiger partial charge in [-0.1, -0.05) is 24.3 Å². The van der Waals surface area contributed by atoms with Crippen molar-refractivity contribution in [2.75, 3.05) is 27.9 Å². The van der Waals surface area contributed by atoms with E-state index in [1.165, 1.54) is 5.56 Å². The summed E-state index contributed by atoms with van der Waals surface area (Å²) in [6.45, 7) is 0.562. The van der Waals surface area contributed by atoms with E-state index >= 15 is 0 Å². The van der Waals surface area contributed by atoms with Crippen LogP contribution in [0.25, 0.3) is 6.08 Å². The highest BCUT2D eigenvalue weighted by molar-refractivity contribution is 5.68. The topological polar surface area (TPSA) is 36.9 Å². The molecule has 1 atom stereocenters. The molecule has 0 N–H and O–H groups in total. The van der Waals surface area contributed by atoms with Crippen LogP contribution in [0, 0.1) is 0 Å². The van der Waals surface area contributed by atoms with Crippen molar-refractivity contribution < 1.29 is 18.9 Å². The molecule has 0 aliphatic carbocycles.